The molecule has 1 rings (SSSR count). The predicted octanol–water partition coefficient (Wildman–Crippen LogP) is 0.548. The summed E-state index contributed by atoms with van der Waals surface area (Å²) in [5.41, 5.74) is 5.85. The van der Waals surface area contributed by atoms with Crippen LogP contribution < -0.4 is 11.1 Å². The van der Waals surface area contributed by atoms with E-state index in [0.29, 0.717) is 31.0 Å². The third-order valence-corrected chi connectivity index (χ3v) is 2.13. The lowest BCUT2D eigenvalue weighted by molar-refractivity contribution is 0.0923. The van der Waals surface area contributed by atoms with Crippen LogP contribution in [0.1, 0.15) is 35.0 Å². The Balaban J connectivity index is 2.38. The van der Waals surface area contributed by atoms with Crippen molar-refractivity contribution in [2.24, 2.45) is 10.9 Å². The van der Waals surface area contributed by atoms with E-state index in [1.165, 1.54) is 0 Å². The summed E-state index contributed by atoms with van der Waals surface area (Å²) in [6.07, 6.45) is 1.01. The molecule has 0 spiro atoms. The van der Waals surface area contributed by atoms with Crippen LogP contribution in [0.25, 0.3) is 0 Å². The Morgan fingerprint density at radius 3 is 2.82 bits per heavy atom. The number of hydrogen-bond donors (Lipinski definition) is 3. The second kappa shape index (κ2) is 5.88. The highest BCUT2D eigenvalue weighted by molar-refractivity contribution is 5.92. The van der Waals surface area contributed by atoms with Crippen molar-refractivity contribution in [1.82, 2.24) is 10.3 Å². The number of aryl methyl sites for hydroxylation is 2. The molecular weight excluding hydrogens is 224 g/mol. The van der Waals surface area contributed by atoms with E-state index in [1.807, 2.05) is 0 Å². The van der Waals surface area contributed by atoms with Crippen molar-refractivity contribution in [2.45, 2.75) is 26.7 Å². The third kappa shape index (κ3) is 3.78. The minimum Gasteiger partial charge on any atom is -0.436 e. The lowest BCUT2D eigenvalue weighted by Crippen LogP contribution is -2.25. The van der Waals surface area contributed by atoms with Gasteiger partial charge >= 0.3 is 0 Å². The molecule has 0 aliphatic carbocycles. The number of carbonyl (C=O) groups is 1. The highest BCUT2D eigenvalue weighted by Gasteiger charge is 2.14. The maximum Gasteiger partial charge on any atom is 0.289 e. The van der Waals surface area contributed by atoms with Crippen LogP contribution in [0.15, 0.2) is 9.57 Å². The van der Waals surface area contributed by atoms with Gasteiger partial charge in [-0.1, -0.05) is 5.16 Å². The number of rotatable bonds is 5. The van der Waals surface area contributed by atoms with Gasteiger partial charge in [0.05, 0.1) is 5.69 Å². The van der Waals surface area contributed by atoms with Crippen molar-refractivity contribution >= 4 is 11.7 Å². The fourth-order valence-corrected chi connectivity index (χ4v) is 1.34. The molecule has 7 heteroatoms. The summed E-state index contributed by atoms with van der Waals surface area (Å²) in [6.45, 7) is 3.82. The first-order valence-electron chi connectivity index (χ1n) is 5.23. The Morgan fingerprint density at radius 1 is 1.59 bits per heavy atom. The van der Waals surface area contributed by atoms with Gasteiger partial charge in [0.15, 0.2) is 5.89 Å². The monoisotopic (exact) mass is 240 g/mol. The van der Waals surface area contributed by atoms with Gasteiger partial charge in [0, 0.05) is 19.9 Å². The molecule has 0 aliphatic rings. The number of aromatic nitrogens is 1. The molecule has 1 heterocycles. The molecule has 0 radical (unpaired) electrons. The summed E-state index contributed by atoms with van der Waals surface area (Å²) in [5, 5.41) is 13.8. The van der Waals surface area contributed by atoms with Crippen LogP contribution in [0.4, 0.5) is 0 Å². The second-order valence-corrected chi connectivity index (χ2v) is 3.60. The van der Waals surface area contributed by atoms with Gasteiger partial charge < -0.3 is 20.7 Å². The Kier molecular flexibility index (Phi) is 4.50. The predicted molar refractivity (Wildman–Crippen MR) is 61.0 cm³/mol. The zero-order chi connectivity index (χ0) is 12.8. The van der Waals surface area contributed by atoms with Crippen molar-refractivity contribution < 1.29 is 14.4 Å². The smallest absolute Gasteiger partial charge is 0.289 e. The molecule has 0 atom stereocenters. The number of nitrogens with two attached hydrogens (primary N) is 1. The average Bonchev–Trinajstić information content (AvgIpc) is 2.63. The van der Waals surface area contributed by atoms with Gasteiger partial charge in [-0.15, -0.1) is 0 Å². The van der Waals surface area contributed by atoms with Gasteiger partial charge in [0.25, 0.3) is 5.91 Å². The van der Waals surface area contributed by atoms with Gasteiger partial charge in [-0.25, -0.2) is 4.98 Å². The molecule has 1 aromatic rings. The van der Waals surface area contributed by atoms with Crippen molar-refractivity contribution in [3.8, 4) is 0 Å². The third-order valence-electron chi connectivity index (χ3n) is 2.13. The molecule has 17 heavy (non-hydrogen) atoms. The lowest BCUT2D eigenvalue weighted by atomic mass is 10.3. The zero-order valence-corrected chi connectivity index (χ0v) is 9.86. The van der Waals surface area contributed by atoms with Gasteiger partial charge in [0.2, 0.25) is 5.76 Å². The highest BCUT2D eigenvalue weighted by Crippen LogP contribution is 2.08. The Labute approximate surface area is 98.7 Å². The number of nitrogens with one attached hydrogen (secondary N) is 1. The summed E-state index contributed by atoms with van der Waals surface area (Å²) in [5.74, 6) is 0.532. The molecule has 7 nitrogen and oxygen atoms in total. The van der Waals surface area contributed by atoms with Gasteiger partial charge in [-0.05, 0) is 13.3 Å². The van der Waals surface area contributed by atoms with Gasteiger partial charge in [-0.2, -0.15) is 0 Å². The molecule has 0 unspecified atom stereocenters. The molecule has 1 aromatic heterocycles. The molecule has 4 N–H and O–H groups in total. The minimum atomic E-state index is -0.303. The van der Waals surface area contributed by atoms with Crippen LogP contribution in [-0.2, 0) is 0 Å². The maximum absolute atomic E-state index is 11.6. The van der Waals surface area contributed by atoms with E-state index < -0.39 is 0 Å². The Hall–Kier alpha value is -2.05. The average molecular weight is 240 g/mol. The van der Waals surface area contributed by atoms with E-state index in [2.05, 4.69) is 15.5 Å². The molecule has 94 valence electrons. The second-order valence-electron chi connectivity index (χ2n) is 3.60. The van der Waals surface area contributed by atoms with E-state index >= 15 is 0 Å². The van der Waals surface area contributed by atoms with Crippen LogP contribution in [0, 0.1) is 13.8 Å². The number of carbonyl (C=O) groups excluding carboxylic acids is 1. The number of oxime groups is 1. The topological polar surface area (TPSA) is 114 Å². The first kappa shape index (κ1) is 13.0. The standard InChI is InChI=1S/C10H16N4O3/c1-6-9(17-7(2)13-6)10(15)12-5-3-4-8(11)14-16/h16H,3-5H2,1-2H3,(H2,11,14)(H,12,15). The van der Waals surface area contributed by atoms with Crippen molar-refractivity contribution in [3.05, 3.63) is 17.3 Å². The van der Waals surface area contributed by atoms with E-state index in [9.17, 15) is 4.79 Å². The van der Waals surface area contributed by atoms with E-state index in [4.69, 9.17) is 15.4 Å². The molecule has 1 amide bonds. The van der Waals surface area contributed by atoms with Gasteiger partial charge in [-0.3, -0.25) is 4.79 Å². The van der Waals surface area contributed by atoms with Crippen LogP contribution in [-0.4, -0.2) is 28.5 Å². The number of nitrogens with zero attached hydrogens (tertiary/aromatic N) is 2. The fourth-order valence-electron chi connectivity index (χ4n) is 1.34. The molecule has 0 saturated carbocycles. The number of oxazole rings is 1. The molecule has 0 saturated heterocycles. The van der Waals surface area contributed by atoms with E-state index in [-0.39, 0.29) is 17.5 Å². The first-order valence-corrected chi connectivity index (χ1v) is 5.23. The number of hydrogen-bond acceptors (Lipinski definition) is 5. The minimum absolute atomic E-state index is 0.144. The molecule has 0 fully saturated rings. The summed E-state index contributed by atoms with van der Waals surface area (Å²) < 4.78 is 5.16. The highest BCUT2D eigenvalue weighted by atomic mass is 16.4. The van der Waals surface area contributed by atoms with E-state index in [1.54, 1.807) is 13.8 Å². The van der Waals surface area contributed by atoms with Crippen LogP contribution in [0.2, 0.25) is 0 Å². The lowest BCUT2D eigenvalue weighted by Gasteiger charge is -2.02. The van der Waals surface area contributed by atoms with Crippen LogP contribution >= 0.6 is 0 Å². The molecule has 0 aromatic carbocycles. The zero-order valence-electron chi connectivity index (χ0n) is 9.86. The molecular formula is C10H16N4O3. The number of amidine groups is 1. The maximum atomic E-state index is 11.6. The summed E-state index contributed by atoms with van der Waals surface area (Å²) >= 11 is 0. The van der Waals surface area contributed by atoms with E-state index in [0.717, 1.165) is 0 Å². The fraction of sp³-hybridized carbons (Fsp3) is 0.500. The van der Waals surface area contributed by atoms with Crippen LogP contribution in [0.3, 0.4) is 0 Å². The molecule has 0 bridgehead atoms. The summed E-state index contributed by atoms with van der Waals surface area (Å²) in [6, 6.07) is 0. The summed E-state index contributed by atoms with van der Waals surface area (Å²) in [4.78, 5) is 15.6. The largest absolute Gasteiger partial charge is 0.436 e. The Morgan fingerprint density at radius 2 is 2.29 bits per heavy atom. The van der Waals surface area contributed by atoms with Gasteiger partial charge in [0.1, 0.15) is 5.84 Å². The first-order chi connectivity index (χ1) is 8.04. The normalized spacial score (nSPS) is 11.5. The van der Waals surface area contributed by atoms with Crippen molar-refractivity contribution in [3.63, 3.8) is 0 Å². The SMILES string of the molecule is Cc1nc(C)c(C(=O)NCCCC(N)=NO)o1. The Bertz CT molecular complexity index is 425. The van der Waals surface area contributed by atoms with Crippen molar-refractivity contribution in [2.75, 3.05) is 6.54 Å². The number of amides is 1. The molecule has 0 aliphatic heterocycles. The van der Waals surface area contributed by atoms with Crippen LogP contribution in [0.5, 0.6) is 0 Å². The van der Waals surface area contributed by atoms with Crippen molar-refractivity contribution in [1.29, 1.82) is 0 Å². The quantitative estimate of drug-likeness (QED) is 0.228. The summed E-state index contributed by atoms with van der Waals surface area (Å²) in [7, 11) is 0.